The number of carboxylic acids is 1. The molecule has 2 N–H and O–H groups in total. The van der Waals surface area contributed by atoms with Gasteiger partial charge < -0.3 is 14.7 Å². The number of hydrogen-bond acceptors (Lipinski definition) is 4. The number of rotatable bonds is 9. The maximum Gasteiger partial charge on any atom is 0.310 e. The Morgan fingerprint density at radius 2 is 1.55 bits per heavy atom. The minimum Gasteiger partial charge on any atom is -0.508 e. The molecule has 1 radical (unpaired) electrons. The molecule has 5 nitrogen and oxygen atoms in total. The summed E-state index contributed by atoms with van der Waals surface area (Å²) >= 11 is 0. The number of nitrogens with zero attached hydrogens (tertiary/aromatic N) is 1. The van der Waals surface area contributed by atoms with Gasteiger partial charge in [-0.25, -0.2) is 0 Å². The largest absolute Gasteiger partial charge is 0.508 e. The quantitative estimate of drug-likeness (QED) is 0.226. The number of allylic oxidation sites excluding steroid dienone is 1. The number of carbonyl (C=O) groups is 1. The summed E-state index contributed by atoms with van der Waals surface area (Å²) in [4.78, 5) is 11.7. The van der Waals surface area contributed by atoms with Crippen LogP contribution in [-0.4, -0.2) is 21.3 Å². The Morgan fingerprint density at radius 3 is 2.13 bits per heavy atom. The van der Waals surface area contributed by atoms with Gasteiger partial charge >= 0.3 is 5.97 Å². The predicted octanol–water partition coefficient (Wildman–Crippen LogP) is 7.88. The van der Waals surface area contributed by atoms with Crippen molar-refractivity contribution in [1.29, 1.82) is 0 Å². The minimum absolute atomic E-state index is 0.0811. The molecule has 1 aliphatic carbocycles. The molecule has 5 rings (SSSR count). The lowest BCUT2D eigenvalue weighted by Gasteiger charge is -2.19. The predicted molar refractivity (Wildman–Crippen MR) is 149 cm³/mol. The smallest absolute Gasteiger partial charge is 0.310 e. The fraction of sp³-hybridized carbons (Fsp3) is 0.242. The molecule has 2 unspecified atom stereocenters. The molecular formula is C33H32NO4. The van der Waals surface area contributed by atoms with Gasteiger partial charge in [-0.05, 0) is 61.8 Å². The molecule has 2 atom stereocenters. The van der Waals surface area contributed by atoms with Gasteiger partial charge in [-0.3, -0.25) is 4.79 Å². The SMILES string of the molecule is [CH2]C(c1ccc(-c2ccc(-c3onc(C)c3CC(C)/C=C(\O)c3ccccc3)cc2)cc1)C1(C(=O)O)CC1. The van der Waals surface area contributed by atoms with Crippen molar-refractivity contribution < 1.29 is 19.5 Å². The molecule has 0 saturated heterocycles. The average molecular weight is 507 g/mol. The molecule has 0 amide bonds. The van der Waals surface area contributed by atoms with E-state index in [2.05, 4.69) is 31.1 Å². The zero-order chi connectivity index (χ0) is 26.9. The molecule has 38 heavy (non-hydrogen) atoms. The van der Waals surface area contributed by atoms with Gasteiger partial charge in [0.25, 0.3) is 0 Å². The van der Waals surface area contributed by atoms with Gasteiger partial charge in [0.15, 0.2) is 5.76 Å². The first-order valence-corrected chi connectivity index (χ1v) is 13.0. The highest BCUT2D eigenvalue weighted by Crippen LogP contribution is 2.56. The molecule has 0 spiro atoms. The van der Waals surface area contributed by atoms with Crippen molar-refractivity contribution in [2.24, 2.45) is 11.3 Å². The van der Waals surface area contributed by atoms with Crippen molar-refractivity contribution in [2.75, 3.05) is 0 Å². The van der Waals surface area contributed by atoms with Crippen LogP contribution in [0.1, 0.15) is 48.1 Å². The van der Waals surface area contributed by atoms with Crippen LogP contribution in [0.15, 0.2) is 89.5 Å². The van der Waals surface area contributed by atoms with Crippen LogP contribution in [0.3, 0.4) is 0 Å². The molecule has 3 aromatic carbocycles. The maximum atomic E-state index is 11.7. The standard InChI is InChI=1S/C33H32NO4/c1-21(20-30(35)27-7-5-4-6-8-27)19-29-23(3)34-38-31(29)28-15-13-26(14-16-28)25-11-9-24(10-12-25)22(2)33(17-18-33)32(36)37/h4-16,20-22,35H,2,17-19H2,1,3H3,(H,36,37)/b30-20-. The second-order valence-electron chi connectivity index (χ2n) is 10.4. The minimum atomic E-state index is -0.752. The van der Waals surface area contributed by atoms with Crippen molar-refractivity contribution in [3.63, 3.8) is 0 Å². The third-order valence-corrected chi connectivity index (χ3v) is 7.70. The first-order valence-electron chi connectivity index (χ1n) is 13.0. The van der Waals surface area contributed by atoms with Gasteiger partial charge in [0.05, 0.1) is 11.1 Å². The third-order valence-electron chi connectivity index (χ3n) is 7.70. The lowest BCUT2D eigenvalue weighted by molar-refractivity contribution is -0.143. The zero-order valence-electron chi connectivity index (χ0n) is 21.7. The van der Waals surface area contributed by atoms with E-state index in [4.69, 9.17) is 4.52 Å². The third kappa shape index (κ3) is 5.01. The number of hydrogen-bond donors (Lipinski definition) is 2. The van der Waals surface area contributed by atoms with Crippen LogP contribution in [-0.2, 0) is 11.2 Å². The van der Waals surface area contributed by atoms with Gasteiger partial charge in [0, 0.05) is 22.6 Å². The molecule has 1 aliphatic rings. The molecular weight excluding hydrogens is 474 g/mol. The van der Waals surface area contributed by atoms with Crippen molar-refractivity contribution in [1.82, 2.24) is 5.16 Å². The lowest BCUT2D eigenvalue weighted by Crippen LogP contribution is -2.21. The molecule has 193 valence electrons. The number of aliphatic hydroxyl groups excluding tert-OH is 1. The Bertz CT molecular complexity index is 1450. The van der Waals surface area contributed by atoms with Crippen LogP contribution in [0.5, 0.6) is 0 Å². The molecule has 1 heterocycles. The monoisotopic (exact) mass is 506 g/mol. The summed E-state index contributed by atoms with van der Waals surface area (Å²) in [5, 5.41) is 24.3. The Balaban J connectivity index is 1.31. The highest BCUT2D eigenvalue weighted by Gasteiger charge is 2.54. The van der Waals surface area contributed by atoms with Crippen molar-refractivity contribution in [2.45, 2.75) is 39.0 Å². The molecule has 5 heteroatoms. The maximum absolute atomic E-state index is 11.7. The van der Waals surface area contributed by atoms with Gasteiger partial charge in [-0.2, -0.15) is 0 Å². The van der Waals surface area contributed by atoms with Crippen molar-refractivity contribution in [3.05, 3.63) is 114 Å². The highest BCUT2D eigenvalue weighted by molar-refractivity contribution is 5.79. The van der Waals surface area contributed by atoms with E-state index in [1.54, 1.807) is 0 Å². The zero-order valence-corrected chi connectivity index (χ0v) is 21.7. The Labute approximate surface area is 223 Å². The Morgan fingerprint density at radius 1 is 0.974 bits per heavy atom. The van der Waals surface area contributed by atoms with E-state index in [0.29, 0.717) is 19.3 Å². The van der Waals surface area contributed by atoms with Crippen LogP contribution < -0.4 is 0 Å². The average Bonchev–Trinajstić information content (AvgIpc) is 3.68. The topological polar surface area (TPSA) is 83.6 Å². The Kier molecular flexibility index (Phi) is 6.94. The van der Waals surface area contributed by atoms with E-state index in [-0.39, 0.29) is 17.6 Å². The van der Waals surface area contributed by atoms with E-state index in [1.165, 1.54) is 0 Å². The van der Waals surface area contributed by atoms with Crippen molar-refractivity contribution >= 4 is 11.7 Å². The Hall–Kier alpha value is -4.12. The number of aryl methyl sites for hydroxylation is 1. The van der Waals surface area contributed by atoms with Gasteiger partial charge in [-0.15, -0.1) is 0 Å². The first kappa shape index (κ1) is 25.5. The van der Waals surface area contributed by atoms with Gasteiger partial charge in [-0.1, -0.05) is 90.9 Å². The summed E-state index contributed by atoms with van der Waals surface area (Å²) in [6, 6.07) is 25.7. The summed E-state index contributed by atoms with van der Waals surface area (Å²) in [7, 11) is 0. The number of aliphatic carboxylic acids is 1. The molecule has 4 aromatic rings. The molecule has 1 aromatic heterocycles. The van der Waals surface area contributed by atoms with Crippen LogP contribution >= 0.6 is 0 Å². The van der Waals surface area contributed by atoms with E-state index >= 15 is 0 Å². The van der Waals surface area contributed by atoms with Crippen LogP contribution in [0.2, 0.25) is 0 Å². The molecule has 0 aliphatic heterocycles. The lowest BCUT2D eigenvalue weighted by atomic mass is 9.84. The summed E-state index contributed by atoms with van der Waals surface area (Å²) in [5.41, 5.74) is 5.97. The van der Waals surface area contributed by atoms with Gasteiger partial charge in [0.1, 0.15) is 5.76 Å². The van der Waals surface area contributed by atoms with E-state index in [0.717, 1.165) is 44.8 Å². The fourth-order valence-electron chi connectivity index (χ4n) is 5.10. The number of benzene rings is 3. The molecule has 1 saturated carbocycles. The number of aromatic nitrogens is 1. The number of carboxylic acid groups (broad SMARTS) is 1. The highest BCUT2D eigenvalue weighted by atomic mass is 16.5. The molecule has 1 fully saturated rings. The van der Waals surface area contributed by atoms with Crippen LogP contribution in [0, 0.1) is 25.2 Å². The van der Waals surface area contributed by atoms with E-state index < -0.39 is 11.4 Å². The normalized spacial score (nSPS) is 16.1. The van der Waals surface area contributed by atoms with Crippen LogP contribution in [0.4, 0.5) is 0 Å². The summed E-state index contributed by atoms with van der Waals surface area (Å²) < 4.78 is 5.73. The first-order chi connectivity index (χ1) is 18.3. The summed E-state index contributed by atoms with van der Waals surface area (Å²) in [6.07, 6.45) is 3.93. The molecule has 0 bridgehead atoms. The van der Waals surface area contributed by atoms with Crippen molar-refractivity contribution in [3.8, 4) is 22.5 Å². The van der Waals surface area contributed by atoms with Crippen LogP contribution in [0.25, 0.3) is 28.2 Å². The van der Waals surface area contributed by atoms with E-state index in [1.807, 2.05) is 79.7 Å². The van der Waals surface area contributed by atoms with E-state index in [9.17, 15) is 15.0 Å². The number of aliphatic hydroxyl groups is 1. The fourth-order valence-corrected chi connectivity index (χ4v) is 5.10. The summed E-state index contributed by atoms with van der Waals surface area (Å²) in [5.74, 6) is 0.0864. The second-order valence-corrected chi connectivity index (χ2v) is 10.4. The summed E-state index contributed by atoms with van der Waals surface area (Å²) in [6.45, 7) is 8.17. The second kappa shape index (κ2) is 10.3. The van der Waals surface area contributed by atoms with Gasteiger partial charge in [0.2, 0.25) is 0 Å².